The third-order valence-corrected chi connectivity index (χ3v) is 7.48. The average molecular weight is 619 g/mol. The van der Waals surface area contributed by atoms with Crippen molar-refractivity contribution in [2.75, 3.05) is 13.2 Å². The van der Waals surface area contributed by atoms with Crippen LogP contribution in [0.15, 0.2) is 23.1 Å². The molecule has 1 aliphatic carbocycles. The number of carbonyl (C=O) groups is 2. The molecule has 2 aliphatic rings. The van der Waals surface area contributed by atoms with Crippen molar-refractivity contribution in [3.05, 3.63) is 41.1 Å². The number of ether oxygens (including phenoxy) is 1. The number of aryl methyl sites for hydroxylation is 1. The number of urea groups is 1. The van der Waals surface area contributed by atoms with Gasteiger partial charge >= 0.3 is 18.4 Å². The minimum atomic E-state index is -4.66. The van der Waals surface area contributed by atoms with Gasteiger partial charge in [-0.1, -0.05) is 19.0 Å². The monoisotopic (exact) mass is 618 g/mol. The second-order valence-electron chi connectivity index (χ2n) is 11.3. The molecular weight excluding hydrogens is 590 g/mol. The Labute approximate surface area is 240 Å². The molecule has 12 nitrogen and oxygen atoms in total. The number of nitrogens with one attached hydrogen (secondary N) is 2. The number of fused-ring (bicyclic) bond motifs is 1. The SMILES string of the molecule is Cc1nonc1C(=O)N[C@@H](CC(C)(C)C(F)(F)F)c1cn2ncc([C@@H](COC3CC3)N3C[C@@H](C(F)(F)F)NC3=O)cc2n1. The van der Waals surface area contributed by atoms with Gasteiger partial charge in [0, 0.05) is 5.56 Å². The zero-order valence-corrected chi connectivity index (χ0v) is 23.2. The molecule has 5 rings (SSSR count). The fourth-order valence-electron chi connectivity index (χ4n) is 4.62. The first-order valence-electron chi connectivity index (χ1n) is 13.3. The van der Waals surface area contributed by atoms with Crippen LogP contribution in [0.25, 0.3) is 5.65 Å². The van der Waals surface area contributed by atoms with Crippen molar-refractivity contribution in [2.45, 2.75) is 76.6 Å². The molecule has 0 radical (unpaired) electrons. The molecule has 1 aliphatic heterocycles. The smallest absolute Gasteiger partial charge is 0.376 e. The third kappa shape index (κ3) is 6.52. The topological polar surface area (TPSA) is 140 Å². The Hall–Kier alpha value is -3.96. The molecule has 3 aromatic rings. The second-order valence-corrected chi connectivity index (χ2v) is 11.3. The van der Waals surface area contributed by atoms with Gasteiger partial charge in [0.1, 0.15) is 11.7 Å². The molecule has 18 heteroatoms. The van der Waals surface area contributed by atoms with Gasteiger partial charge in [0.15, 0.2) is 11.3 Å². The maximum atomic E-state index is 13.8. The van der Waals surface area contributed by atoms with E-state index in [1.165, 1.54) is 29.9 Å². The van der Waals surface area contributed by atoms with Gasteiger partial charge in [-0.3, -0.25) is 4.79 Å². The summed E-state index contributed by atoms with van der Waals surface area (Å²) < 4.78 is 93.1. The van der Waals surface area contributed by atoms with Crippen LogP contribution in [0, 0.1) is 12.3 Å². The Bertz CT molecular complexity index is 1500. The largest absolute Gasteiger partial charge is 0.410 e. The fraction of sp³-hybridized carbons (Fsp3) is 0.600. The zero-order chi connectivity index (χ0) is 31.3. The van der Waals surface area contributed by atoms with Crippen LogP contribution in [0.3, 0.4) is 0 Å². The van der Waals surface area contributed by atoms with Gasteiger partial charge in [-0.2, -0.15) is 31.4 Å². The van der Waals surface area contributed by atoms with Gasteiger partial charge in [-0.05, 0) is 37.4 Å². The molecule has 0 bridgehead atoms. The van der Waals surface area contributed by atoms with E-state index in [9.17, 15) is 35.9 Å². The Morgan fingerprint density at radius 1 is 1.21 bits per heavy atom. The summed E-state index contributed by atoms with van der Waals surface area (Å²) in [5.74, 6) is -0.830. The molecule has 1 saturated carbocycles. The number of hydrogen-bond donors (Lipinski definition) is 2. The first-order chi connectivity index (χ1) is 20.0. The molecule has 0 spiro atoms. The highest BCUT2D eigenvalue weighted by Crippen LogP contribution is 2.44. The summed E-state index contributed by atoms with van der Waals surface area (Å²) in [6.45, 7) is 2.67. The van der Waals surface area contributed by atoms with Crippen LogP contribution in [0.5, 0.6) is 0 Å². The van der Waals surface area contributed by atoms with Gasteiger partial charge in [-0.15, -0.1) is 0 Å². The lowest BCUT2D eigenvalue weighted by atomic mass is 9.84. The molecule has 0 unspecified atom stereocenters. The summed E-state index contributed by atoms with van der Waals surface area (Å²) in [5.41, 5.74) is -1.86. The number of halogens is 6. The van der Waals surface area contributed by atoms with Crippen LogP contribution in [-0.4, -0.2) is 79.4 Å². The van der Waals surface area contributed by atoms with E-state index in [1.54, 1.807) is 0 Å². The van der Waals surface area contributed by atoms with Crippen LogP contribution in [0.1, 0.15) is 72.6 Å². The molecule has 2 N–H and O–H groups in total. The highest BCUT2D eigenvalue weighted by atomic mass is 19.4. The fourth-order valence-corrected chi connectivity index (χ4v) is 4.62. The minimum Gasteiger partial charge on any atom is -0.376 e. The molecule has 2 fully saturated rings. The summed E-state index contributed by atoms with van der Waals surface area (Å²) >= 11 is 0. The average Bonchev–Trinajstić information content (AvgIpc) is 3.26. The van der Waals surface area contributed by atoms with E-state index in [1.807, 2.05) is 5.32 Å². The number of hydrogen-bond acceptors (Lipinski definition) is 8. The van der Waals surface area contributed by atoms with Crippen molar-refractivity contribution in [3.63, 3.8) is 0 Å². The van der Waals surface area contributed by atoms with Gasteiger partial charge in [0.2, 0.25) is 0 Å². The van der Waals surface area contributed by atoms with Crippen LogP contribution in [0.2, 0.25) is 0 Å². The summed E-state index contributed by atoms with van der Waals surface area (Å²) in [6.07, 6.45) is -5.71. The number of aromatic nitrogens is 5. The predicted octanol–water partition coefficient (Wildman–Crippen LogP) is 4.05. The molecule has 0 aromatic carbocycles. The van der Waals surface area contributed by atoms with Crippen molar-refractivity contribution in [1.29, 1.82) is 0 Å². The van der Waals surface area contributed by atoms with E-state index >= 15 is 0 Å². The zero-order valence-electron chi connectivity index (χ0n) is 23.2. The van der Waals surface area contributed by atoms with Crippen molar-refractivity contribution in [3.8, 4) is 0 Å². The normalized spacial score (nSPS) is 19.5. The number of alkyl halides is 6. The molecule has 234 valence electrons. The van der Waals surface area contributed by atoms with E-state index in [2.05, 4.69) is 30.3 Å². The first kappa shape index (κ1) is 30.5. The minimum absolute atomic E-state index is 0.0336. The Morgan fingerprint density at radius 2 is 1.93 bits per heavy atom. The summed E-state index contributed by atoms with van der Waals surface area (Å²) in [4.78, 5) is 30.9. The molecule has 3 amide bonds. The lowest BCUT2D eigenvalue weighted by Gasteiger charge is -2.31. The number of nitrogens with zero attached hydrogens (tertiary/aromatic N) is 6. The maximum Gasteiger partial charge on any atom is 0.410 e. The molecule has 43 heavy (non-hydrogen) atoms. The highest BCUT2D eigenvalue weighted by molar-refractivity contribution is 5.93. The Morgan fingerprint density at radius 3 is 2.51 bits per heavy atom. The summed E-state index contributed by atoms with van der Waals surface area (Å²) in [6, 6.07) is -3.75. The number of rotatable bonds is 10. The van der Waals surface area contributed by atoms with E-state index in [4.69, 9.17) is 4.74 Å². The van der Waals surface area contributed by atoms with Crippen molar-refractivity contribution >= 4 is 17.6 Å². The standard InChI is InChI=1S/C25H28F6N8O4/c1-12-20(37-43-36-12)21(40)34-15(7-23(2,3)25(29,30)31)16-9-39-19(33-16)6-13(8-32-39)17(11-42-14-4-5-14)38-10-18(24(26,27)28)35-22(38)41/h6,8-9,14-15,17-18H,4-5,7,10-11H2,1-3H3,(H,34,40)(H,35,41)/t15-,17+,18-/m0/s1. The lowest BCUT2D eigenvalue weighted by molar-refractivity contribution is -0.215. The predicted molar refractivity (Wildman–Crippen MR) is 133 cm³/mol. The summed E-state index contributed by atoms with van der Waals surface area (Å²) in [7, 11) is 0. The van der Waals surface area contributed by atoms with Crippen molar-refractivity contribution in [2.24, 2.45) is 5.41 Å². The van der Waals surface area contributed by atoms with Gasteiger partial charge < -0.3 is 20.3 Å². The van der Waals surface area contributed by atoms with E-state index in [0.29, 0.717) is 5.56 Å². The van der Waals surface area contributed by atoms with Gasteiger partial charge in [-0.25, -0.2) is 18.9 Å². The Kier molecular flexibility index (Phi) is 7.77. The second kappa shape index (κ2) is 10.9. The highest BCUT2D eigenvalue weighted by Gasteiger charge is 2.50. The van der Waals surface area contributed by atoms with E-state index < -0.39 is 60.8 Å². The van der Waals surface area contributed by atoms with Gasteiger partial charge in [0.25, 0.3) is 5.91 Å². The lowest BCUT2D eigenvalue weighted by Crippen LogP contribution is -2.40. The van der Waals surface area contributed by atoms with Crippen LogP contribution in [-0.2, 0) is 4.74 Å². The van der Waals surface area contributed by atoms with E-state index in [0.717, 1.165) is 31.6 Å². The number of amides is 3. The Balaban J connectivity index is 1.47. The molecule has 3 aromatic heterocycles. The van der Waals surface area contributed by atoms with Crippen LogP contribution < -0.4 is 10.6 Å². The molecule has 3 atom stereocenters. The summed E-state index contributed by atoms with van der Waals surface area (Å²) in [5, 5.41) is 15.7. The van der Waals surface area contributed by atoms with Crippen molar-refractivity contribution in [1.82, 2.24) is 40.4 Å². The third-order valence-electron chi connectivity index (χ3n) is 7.48. The number of carbonyl (C=O) groups excluding carboxylic acids is 2. The molecule has 1 saturated heterocycles. The van der Waals surface area contributed by atoms with E-state index in [-0.39, 0.29) is 35.4 Å². The van der Waals surface area contributed by atoms with Crippen LogP contribution >= 0.6 is 0 Å². The molecular formula is C25H28F6N8O4. The first-order valence-corrected chi connectivity index (χ1v) is 13.3. The van der Waals surface area contributed by atoms with Gasteiger partial charge in [0.05, 0.1) is 54.8 Å². The number of imidazole rings is 1. The molecule has 4 heterocycles. The quantitative estimate of drug-likeness (QED) is 0.325. The van der Waals surface area contributed by atoms with Crippen molar-refractivity contribution < 1.29 is 45.3 Å². The maximum absolute atomic E-state index is 13.8. The van der Waals surface area contributed by atoms with Crippen LogP contribution in [0.4, 0.5) is 31.1 Å².